The monoisotopic (exact) mass is 155 g/mol. The van der Waals surface area contributed by atoms with Crippen molar-refractivity contribution in [1.82, 2.24) is 4.90 Å². The number of hydrogen-bond donors (Lipinski definition) is 1. The molecule has 64 valence electrons. The average molecular weight is 155 g/mol. The highest BCUT2D eigenvalue weighted by molar-refractivity contribution is 5.82. The van der Waals surface area contributed by atoms with Crippen molar-refractivity contribution in [3.05, 3.63) is 0 Å². The van der Waals surface area contributed by atoms with E-state index < -0.39 is 0 Å². The molecule has 3 nitrogen and oxygen atoms in total. The van der Waals surface area contributed by atoms with E-state index in [1.807, 2.05) is 27.2 Å². The van der Waals surface area contributed by atoms with Gasteiger partial charge in [0.1, 0.15) is 0 Å². The second-order valence-electron chi connectivity index (χ2n) is 2.74. The van der Waals surface area contributed by atoms with Gasteiger partial charge in [0.25, 0.3) is 0 Å². The molecule has 1 N–H and O–H groups in total. The first kappa shape index (κ1) is 10.3. The zero-order chi connectivity index (χ0) is 8.69. The van der Waals surface area contributed by atoms with Gasteiger partial charge in [-0.25, -0.2) is 0 Å². The quantitative estimate of drug-likeness (QED) is 0.589. The van der Waals surface area contributed by atoms with Crippen LogP contribution in [0, 0.1) is 11.3 Å². The van der Waals surface area contributed by atoms with Crippen molar-refractivity contribution in [3.8, 4) is 0 Å². The summed E-state index contributed by atoms with van der Waals surface area (Å²) in [4.78, 5) is 6.15. The first-order chi connectivity index (χ1) is 5.20. The lowest BCUT2D eigenvalue weighted by atomic mass is 10.2. The Morgan fingerprint density at radius 3 is 2.55 bits per heavy atom. The summed E-state index contributed by atoms with van der Waals surface area (Å²) in [6, 6.07) is 0. The first-order valence-corrected chi connectivity index (χ1v) is 3.86. The Labute approximate surface area is 68.6 Å². The summed E-state index contributed by atoms with van der Waals surface area (Å²) in [6.45, 7) is 3.66. The van der Waals surface area contributed by atoms with E-state index in [-0.39, 0.29) is 5.92 Å². The summed E-state index contributed by atoms with van der Waals surface area (Å²) in [5.41, 5.74) is 0. The smallest absolute Gasteiger partial charge is 0.0412 e. The third-order valence-electron chi connectivity index (χ3n) is 1.27. The lowest BCUT2D eigenvalue weighted by molar-refractivity contribution is 0.404. The summed E-state index contributed by atoms with van der Waals surface area (Å²) < 4.78 is 0. The maximum absolute atomic E-state index is 7.09. The Hall–Kier alpha value is -0.700. The van der Waals surface area contributed by atoms with Gasteiger partial charge in [0.2, 0.25) is 0 Å². The van der Waals surface area contributed by atoms with Crippen LogP contribution in [-0.4, -0.2) is 44.5 Å². The van der Waals surface area contributed by atoms with Crippen LogP contribution in [0.15, 0.2) is 4.99 Å². The number of rotatable bonds is 5. The molecule has 0 rings (SSSR count). The maximum atomic E-state index is 7.09. The molecule has 0 radical (unpaired) electrons. The third kappa shape index (κ3) is 5.73. The van der Waals surface area contributed by atoms with Gasteiger partial charge in [-0.05, 0) is 21.0 Å². The van der Waals surface area contributed by atoms with Gasteiger partial charge in [0.15, 0.2) is 0 Å². The van der Waals surface area contributed by atoms with Crippen molar-refractivity contribution in [1.29, 1.82) is 5.41 Å². The molecule has 0 aromatic rings. The molecule has 3 heteroatoms. The predicted octanol–water partition coefficient (Wildman–Crippen LogP) is 0.904. The molecule has 0 heterocycles. The topological polar surface area (TPSA) is 39.5 Å². The summed E-state index contributed by atoms with van der Waals surface area (Å²) >= 11 is 0. The van der Waals surface area contributed by atoms with Crippen LogP contribution in [0.1, 0.15) is 6.92 Å². The largest absolute Gasteiger partial charge is 0.312 e. The second kappa shape index (κ2) is 6.04. The van der Waals surface area contributed by atoms with Crippen LogP contribution in [0.5, 0.6) is 0 Å². The molecule has 0 spiro atoms. The fourth-order valence-corrected chi connectivity index (χ4v) is 0.805. The van der Waals surface area contributed by atoms with E-state index in [1.165, 1.54) is 6.21 Å². The van der Waals surface area contributed by atoms with Crippen molar-refractivity contribution >= 4 is 12.4 Å². The van der Waals surface area contributed by atoms with Crippen molar-refractivity contribution in [2.45, 2.75) is 6.92 Å². The van der Waals surface area contributed by atoms with Gasteiger partial charge < -0.3 is 10.3 Å². The molecular weight excluding hydrogens is 138 g/mol. The van der Waals surface area contributed by atoms with Crippen LogP contribution >= 0.6 is 0 Å². The number of nitrogens with one attached hydrogen (secondary N) is 1. The fourth-order valence-electron chi connectivity index (χ4n) is 0.805. The molecular formula is C8H17N3. The van der Waals surface area contributed by atoms with Crippen LogP contribution in [0.4, 0.5) is 0 Å². The highest BCUT2D eigenvalue weighted by atomic mass is 15.1. The van der Waals surface area contributed by atoms with Gasteiger partial charge in [0, 0.05) is 31.4 Å². The van der Waals surface area contributed by atoms with Gasteiger partial charge in [-0.3, -0.25) is 4.99 Å². The Kier molecular flexibility index (Phi) is 5.65. The Morgan fingerprint density at radius 2 is 2.18 bits per heavy atom. The van der Waals surface area contributed by atoms with Crippen LogP contribution in [-0.2, 0) is 0 Å². The molecule has 1 unspecified atom stereocenters. The summed E-state index contributed by atoms with van der Waals surface area (Å²) in [5, 5.41) is 7.09. The van der Waals surface area contributed by atoms with E-state index in [0.717, 1.165) is 13.1 Å². The van der Waals surface area contributed by atoms with Crippen LogP contribution in [0.3, 0.4) is 0 Å². The van der Waals surface area contributed by atoms with Crippen molar-refractivity contribution < 1.29 is 0 Å². The SMILES string of the molecule is CCN=CC(C=N)CN(C)C. The highest BCUT2D eigenvalue weighted by Gasteiger charge is 2.01. The molecule has 0 saturated carbocycles. The second-order valence-corrected chi connectivity index (χ2v) is 2.74. The molecule has 0 bridgehead atoms. The highest BCUT2D eigenvalue weighted by Crippen LogP contribution is 1.90. The van der Waals surface area contributed by atoms with E-state index >= 15 is 0 Å². The lowest BCUT2D eigenvalue weighted by Gasteiger charge is -2.12. The lowest BCUT2D eigenvalue weighted by Crippen LogP contribution is -2.23. The molecule has 0 aliphatic carbocycles. The minimum absolute atomic E-state index is 0.171. The fraction of sp³-hybridized carbons (Fsp3) is 0.750. The molecule has 11 heavy (non-hydrogen) atoms. The number of aliphatic imine (C=N–C) groups is 1. The molecule has 0 aliphatic rings. The van der Waals surface area contributed by atoms with E-state index in [9.17, 15) is 0 Å². The van der Waals surface area contributed by atoms with Gasteiger partial charge in [0.05, 0.1) is 0 Å². The zero-order valence-electron chi connectivity index (χ0n) is 7.54. The predicted molar refractivity (Wildman–Crippen MR) is 49.9 cm³/mol. The van der Waals surface area contributed by atoms with Crippen LogP contribution in [0.2, 0.25) is 0 Å². The van der Waals surface area contributed by atoms with Crippen LogP contribution < -0.4 is 0 Å². The zero-order valence-corrected chi connectivity index (χ0v) is 7.54. The van der Waals surface area contributed by atoms with Gasteiger partial charge >= 0.3 is 0 Å². The first-order valence-electron chi connectivity index (χ1n) is 3.86. The molecule has 0 aliphatic heterocycles. The van der Waals surface area contributed by atoms with Crippen LogP contribution in [0.25, 0.3) is 0 Å². The molecule has 0 amide bonds. The van der Waals surface area contributed by atoms with Gasteiger partial charge in [-0.1, -0.05) is 0 Å². The van der Waals surface area contributed by atoms with Crippen molar-refractivity contribution in [3.63, 3.8) is 0 Å². The molecule has 0 fully saturated rings. The minimum Gasteiger partial charge on any atom is -0.312 e. The average Bonchev–Trinajstić information content (AvgIpc) is 1.97. The van der Waals surface area contributed by atoms with E-state index in [0.29, 0.717) is 0 Å². The van der Waals surface area contributed by atoms with E-state index in [2.05, 4.69) is 9.89 Å². The maximum Gasteiger partial charge on any atom is 0.0412 e. The van der Waals surface area contributed by atoms with Crippen molar-refractivity contribution in [2.24, 2.45) is 10.9 Å². The van der Waals surface area contributed by atoms with E-state index in [4.69, 9.17) is 5.41 Å². The Balaban J connectivity index is 3.75. The van der Waals surface area contributed by atoms with Crippen molar-refractivity contribution in [2.75, 3.05) is 27.2 Å². The van der Waals surface area contributed by atoms with Gasteiger partial charge in [-0.15, -0.1) is 0 Å². The Morgan fingerprint density at radius 1 is 1.55 bits per heavy atom. The standard InChI is InChI=1S/C8H17N3/c1-4-10-6-8(5-9)7-11(2)3/h5-6,8-9H,4,7H2,1-3H3. The van der Waals surface area contributed by atoms with E-state index in [1.54, 1.807) is 0 Å². The normalized spacial score (nSPS) is 14.2. The molecule has 0 aromatic heterocycles. The third-order valence-corrected chi connectivity index (χ3v) is 1.27. The number of nitrogens with zero attached hydrogens (tertiary/aromatic N) is 2. The molecule has 0 aromatic carbocycles. The Bertz CT molecular complexity index is 129. The minimum atomic E-state index is 0.171. The molecule has 0 saturated heterocycles. The molecule has 1 atom stereocenters. The van der Waals surface area contributed by atoms with Gasteiger partial charge in [-0.2, -0.15) is 0 Å². The summed E-state index contributed by atoms with van der Waals surface area (Å²) in [6.07, 6.45) is 3.27. The summed E-state index contributed by atoms with van der Waals surface area (Å²) in [7, 11) is 3.99. The number of hydrogen-bond acceptors (Lipinski definition) is 3. The summed E-state index contributed by atoms with van der Waals surface area (Å²) in [5.74, 6) is 0.171.